The van der Waals surface area contributed by atoms with Crippen LogP contribution in [0.2, 0.25) is 0 Å². The van der Waals surface area contributed by atoms with Crippen molar-refractivity contribution in [3.05, 3.63) is 91.0 Å². The molecule has 4 aromatic rings. The minimum Gasteiger partial charge on any atom is -0.104 e. The molecule has 0 aliphatic heterocycles. The molecule has 0 amide bonds. The van der Waals surface area contributed by atoms with E-state index in [1.807, 2.05) is 0 Å². The Morgan fingerprint density at radius 1 is 0.478 bits per heavy atom. The Kier molecular flexibility index (Phi) is 3.69. The number of hydrogen-bond acceptors (Lipinski definition) is 0. The summed E-state index contributed by atoms with van der Waals surface area (Å²) in [6.07, 6.45) is 0. The van der Waals surface area contributed by atoms with Gasteiger partial charge in [0, 0.05) is 0 Å². The van der Waals surface area contributed by atoms with E-state index in [9.17, 15) is 0 Å². The summed E-state index contributed by atoms with van der Waals surface area (Å²) in [4.78, 5) is 0. The van der Waals surface area contributed by atoms with Crippen molar-refractivity contribution in [1.82, 2.24) is 0 Å². The van der Waals surface area contributed by atoms with Gasteiger partial charge in [-0.2, -0.15) is 0 Å². The lowest BCUT2D eigenvalue weighted by atomic mass is 9.93. The van der Waals surface area contributed by atoms with E-state index in [0.29, 0.717) is 0 Å². The highest BCUT2D eigenvalue weighted by Crippen LogP contribution is 2.33. The highest BCUT2D eigenvalue weighted by Gasteiger charge is 2.10. The van der Waals surface area contributed by atoms with Crippen molar-refractivity contribution in [3.63, 3.8) is 0 Å². The Labute approximate surface area is 139 Å². The van der Waals surface area contributed by atoms with E-state index >= 15 is 0 Å². The van der Waals surface area contributed by atoms with Gasteiger partial charge in [0.2, 0.25) is 0 Å². The molecule has 0 aromatic heterocycles. The molecule has 0 saturated carbocycles. The van der Waals surface area contributed by atoms with Gasteiger partial charge in [-0.15, -0.1) is 9.24 Å². The Morgan fingerprint density at radius 2 is 1.13 bits per heavy atom. The molecule has 4 rings (SSSR count). The summed E-state index contributed by atoms with van der Waals surface area (Å²) in [6, 6.07) is 32.2. The van der Waals surface area contributed by atoms with Crippen LogP contribution < -0.4 is 5.30 Å². The zero-order valence-electron chi connectivity index (χ0n) is 12.7. The van der Waals surface area contributed by atoms with Crippen molar-refractivity contribution >= 4 is 25.3 Å². The first-order chi connectivity index (χ1) is 11.3. The molecular weight excluding hydrogens is 295 g/mol. The summed E-state index contributed by atoms with van der Waals surface area (Å²) in [6.45, 7) is 0. The second-order valence-electron chi connectivity index (χ2n) is 5.66. The minimum atomic E-state index is 1.25. The largest absolute Gasteiger partial charge is 0.104 e. The predicted octanol–water partition coefficient (Wildman–Crippen LogP) is 5.67. The van der Waals surface area contributed by atoms with Gasteiger partial charge in [-0.25, -0.2) is 0 Å². The smallest absolute Gasteiger partial charge is 0.00990 e. The highest BCUT2D eigenvalue weighted by atomic mass is 31.0. The second-order valence-corrected chi connectivity index (χ2v) is 6.24. The lowest BCUT2D eigenvalue weighted by Crippen LogP contribution is -2.00. The number of fused-ring (bicyclic) bond motifs is 1. The van der Waals surface area contributed by atoms with E-state index in [4.69, 9.17) is 0 Å². The molecule has 0 nitrogen and oxygen atoms in total. The fraction of sp³-hybridized carbons (Fsp3) is 0. The molecule has 0 bridgehead atoms. The van der Waals surface area contributed by atoms with Crippen molar-refractivity contribution in [2.45, 2.75) is 0 Å². The Balaban J connectivity index is 1.98. The minimum absolute atomic E-state index is 1.25. The molecule has 0 spiro atoms. The topological polar surface area (TPSA) is 0 Å². The van der Waals surface area contributed by atoms with Crippen molar-refractivity contribution in [3.8, 4) is 22.3 Å². The first kappa shape index (κ1) is 14.2. The predicted molar refractivity (Wildman–Crippen MR) is 104 cm³/mol. The van der Waals surface area contributed by atoms with Crippen LogP contribution in [0.25, 0.3) is 33.0 Å². The van der Waals surface area contributed by atoms with Gasteiger partial charge < -0.3 is 0 Å². The Bertz CT molecular complexity index is 971. The van der Waals surface area contributed by atoms with Gasteiger partial charge in [0.15, 0.2) is 0 Å². The summed E-state index contributed by atoms with van der Waals surface area (Å²) < 4.78 is 0. The Morgan fingerprint density at radius 3 is 1.96 bits per heavy atom. The fourth-order valence-electron chi connectivity index (χ4n) is 3.12. The molecule has 1 unspecified atom stereocenters. The van der Waals surface area contributed by atoms with E-state index in [1.54, 1.807) is 0 Å². The molecule has 0 aliphatic rings. The van der Waals surface area contributed by atoms with E-state index in [-0.39, 0.29) is 0 Å². The summed E-state index contributed by atoms with van der Waals surface area (Å²) in [5, 5.41) is 3.82. The normalized spacial score (nSPS) is 10.8. The average molecular weight is 312 g/mol. The van der Waals surface area contributed by atoms with Gasteiger partial charge in [-0.3, -0.25) is 0 Å². The number of rotatable bonds is 2. The monoisotopic (exact) mass is 312 g/mol. The maximum atomic E-state index is 2.93. The molecule has 0 fully saturated rings. The maximum absolute atomic E-state index is 2.93. The zero-order chi connectivity index (χ0) is 15.6. The Hall–Kier alpha value is -2.43. The van der Waals surface area contributed by atoms with Crippen LogP contribution in [0.4, 0.5) is 0 Å². The van der Waals surface area contributed by atoms with Gasteiger partial charge in [0.05, 0.1) is 0 Å². The number of hydrogen-bond donors (Lipinski definition) is 0. The molecular formula is C22H17P. The van der Waals surface area contributed by atoms with Crippen LogP contribution in [0, 0.1) is 0 Å². The molecule has 0 N–H and O–H groups in total. The van der Waals surface area contributed by atoms with Crippen molar-refractivity contribution in [1.29, 1.82) is 0 Å². The third kappa shape index (κ3) is 2.56. The lowest BCUT2D eigenvalue weighted by molar-refractivity contribution is 1.60. The number of benzene rings is 4. The van der Waals surface area contributed by atoms with Crippen LogP contribution in [0.3, 0.4) is 0 Å². The molecule has 1 atom stereocenters. The standard InChI is InChI=1S/C22H17P/c23-22-19-12-5-4-10-17(19)14-15-21(22)20-13-7-6-11-18(20)16-8-2-1-3-9-16/h1-15H,23H2. The van der Waals surface area contributed by atoms with Crippen LogP contribution in [0.1, 0.15) is 0 Å². The van der Waals surface area contributed by atoms with Gasteiger partial charge in [-0.05, 0) is 38.3 Å². The van der Waals surface area contributed by atoms with Gasteiger partial charge in [0.25, 0.3) is 0 Å². The summed E-state index contributed by atoms with van der Waals surface area (Å²) in [7, 11) is 2.93. The van der Waals surface area contributed by atoms with E-state index < -0.39 is 0 Å². The van der Waals surface area contributed by atoms with Crippen molar-refractivity contribution in [2.75, 3.05) is 0 Å². The average Bonchev–Trinajstić information content (AvgIpc) is 2.63. The first-order valence-electron chi connectivity index (χ1n) is 7.76. The van der Waals surface area contributed by atoms with E-state index in [2.05, 4.69) is 100 Å². The molecule has 110 valence electrons. The fourth-order valence-corrected chi connectivity index (χ4v) is 3.63. The quantitative estimate of drug-likeness (QED) is 0.418. The van der Waals surface area contributed by atoms with Crippen LogP contribution in [0.5, 0.6) is 0 Å². The molecule has 0 radical (unpaired) electrons. The van der Waals surface area contributed by atoms with Crippen molar-refractivity contribution in [2.24, 2.45) is 0 Å². The van der Waals surface area contributed by atoms with Gasteiger partial charge >= 0.3 is 0 Å². The summed E-state index contributed by atoms with van der Waals surface area (Å²) >= 11 is 0. The molecule has 23 heavy (non-hydrogen) atoms. The van der Waals surface area contributed by atoms with Crippen molar-refractivity contribution < 1.29 is 0 Å². The summed E-state index contributed by atoms with van der Waals surface area (Å²) in [5.74, 6) is 0. The van der Waals surface area contributed by atoms with Crippen LogP contribution in [-0.4, -0.2) is 0 Å². The van der Waals surface area contributed by atoms with Crippen LogP contribution in [0.15, 0.2) is 91.0 Å². The third-order valence-electron chi connectivity index (χ3n) is 4.27. The molecule has 1 heteroatoms. The molecule has 0 aliphatic carbocycles. The molecule has 0 heterocycles. The van der Waals surface area contributed by atoms with Crippen LogP contribution >= 0.6 is 9.24 Å². The maximum Gasteiger partial charge on any atom is -0.00990 e. The van der Waals surface area contributed by atoms with Gasteiger partial charge in [-0.1, -0.05) is 91.0 Å². The van der Waals surface area contributed by atoms with Crippen LogP contribution in [-0.2, 0) is 0 Å². The second kappa shape index (κ2) is 5.99. The third-order valence-corrected chi connectivity index (χ3v) is 4.89. The highest BCUT2D eigenvalue weighted by molar-refractivity contribution is 7.29. The SMILES string of the molecule is Pc1c(-c2ccccc2-c2ccccc2)ccc2ccccc12. The van der Waals surface area contributed by atoms with E-state index in [1.165, 1.54) is 38.3 Å². The van der Waals surface area contributed by atoms with Gasteiger partial charge in [0.1, 0.15) is 0 Å². The van der Waals surface area contributed by atoms with E-state index in [0.717, 1.165) is 0 Å². The summed E-state index contributed by atoms with van der Waals surface area (Å²) in [5.41, 5.74) is 5.07. The lowest BCUT2D eigenvalue weighted by Gasteiger charge is -2.14. The molecule has 4 aromatic carbocycles. The first-order valence-corrected chi connectivity index (χ1v) is 8.34. The molecule has 0 saturated heterocycles. The zero-order valence-corrected chi connectivity index (χ0v) is 13.9.